The molecule has 3 aromatic rings. The van der Waals surface area contributed by atoms with Crippen LogP contribution in [0.5, 0.6) is 0 Å². The maximum Gasteiger partial charge on any atom is 0.263 e. The number of ether oxygens (including phenoxy) is 1. The average Bonchev–Trinajstić information content (AvgIpc) is 3.29. The molecule has 0 radical (unpaired) electrons. The number of aromatic nitrogens is 1. The molecule has 2 heterocycles. The Morgan fingerprint density at radius 2 is 2.00 bits per heavy atom. The van der Waals surface area contributed by atoms with Crippen molar-refractivity contribution in [2.75, 3.05) is 6.61 Å². The molecule has 1 aromatic carbocycles. The van der Waals surface area contributed by atoms with Gasteiger partial charge in [0.15, 0.2) is 0 Å². The van der Waals surface area contributed by atoms with Gasteiger partial charge >= 0.3 is 0 Å². The summed E-state index contributed by atoms with van der Waals surface area (Å²) in [6.45, 7) is 3.81. The van der Waals surface area contributed by atoms with Crippen LogP contribution >= 0.6 is 22.7 Å². The number of hydrogen-bond donors (Lipinski definition) is 1. The van der Waals surface area contributed by atoms with E-state index in [1.807, 2.05) is 48.7 Å². The van der Waals surface area contributed by atoms with Crippen LogP contribution in [-0.4, -0.2) is 17.5 Å². The second-order valence-corrected chi connectivity index (χ2v) is 7.12. The summed E-state index contributed by atoms with van der Waals surface area (Å²) >= 11 is 3.04. The molecule has 0 spiro atoms. The minimum absolute atomic E-state index is 0.0892. The van der Waals surface area contributed by atoms with E-state index < -0.39 is 0 Å². The highest BCUT2D eigenvalue weighted by Crippen LogP contribution is 2.28. The first-order chi connectivity index (χ1) is 11.8. The third-order valence-corrected chi connectivity index (χ3v) is 5.45. The predicted molar refractivity (Wildman–Crippen MR) is 98.4 cm³/mol. The lowest BCUT2D eigenvalue weighted by atomic mass is 10.1. The molecule has 0 bridgehead atoms. The second-order valence-electron chi connectivity index (χ2n) is 5.14. The lowest BCUT2D eigenvalue weighted by Gasteiger charge is -2.06. The third kappa shape index (κ3) is 4.29. The minimum Gasteiger partial charge on any atom is -0.377 e. The fourth-order valence-electron chi connectivity index (χ4n) is 2.14. The van der Waals surface area contributed by atoms with Crippen molar-refractivity contribution in [3.63, 3.8) is 0 Å². The van der Waals surface area contributed by atoms with E-state index in [1.165, 1.54) is 11.3 Å². The molecule has 24 heavy (non-hydrogen) atoms. The van der Waals surface area contributed by atoms with Gasteiger partial charge in [-0.05, 0) is 29.5 Å². The van der Waals surface area contributed by atoms with E-state index in [-0.39, 0.29) is 5.91 Å². The van der Waals surface area contributed by atoms with E-state index in [4.69, 9.17) is 4.74 Å². The number of carbonyl (C=O) groups excluding carboxylic acids is 1. The van der Waals surface area contributed by atoms with Gasteiger partial charge in [0, 0.05) is 13.2 Å². The number of hydrogen-bond acceptors (Lipinski definition) is 5. The van der Waals surface area contributed by atoms with E-state index in [0.29, 0.717) is 24.6 Å². The molecule has 1 amide bonds. The van der Waals surface area contributed by atoms with E-state index >= 15 is 0 Å². The van der Waals surface area contributed by atoms with Crippen LogP contribution in [0.15, 0.2) is 48.0 Å². The van der Waals surface area contributed by atoms with Gasteiger partial charge in [0.1, 0.15) is 9.88 Å². The van der Waals surface area contributed by atoms with Crippen LogP contribution in [0.1, 0.15) is 27.7 Å². The largest absolute Gasteiger partial charge is 0.377 e. The van der Waals surface area contributed by atoms with Crippen LogP contribution in [-0.2, 0) is 17.9 Å². The van der Waals surface area contributed by atoms with Crippen LogP contribution in [0, 0.1) is 0 Å². The first-order valence-corrected chi connectivity index (χ1v) is 9.39. The highest BCUT2D eigenvalue weighted by molar-refractivity contribution is 7.21. The topological polar surface area (TPSA) is 51.2 Å². The maximum atomic E-state index is 12.3. The maximum absolute atomic E-state index is 12.3. The fraction of sp³-hybridized carbons (Fsp3) is 0.222. The van der Waals surface area contributed by atoms with E-state index in [0.717, 1.165) is 21.0 Å². The Kier molecular flexibility index (Phi) is 5.74. The fourth-order valence-corrected chi connectivity index (χ4v) is 3.77. The molecule has 3 rings (SSSR count). The molecule has 0 saturated heterocycles. The summed E-state index contributed by atoms with van der Waals surface area (Å²) in [6, 6.07) is 12.1. The Hall–Kier alpha value is -2.02. The summed E-state index contributed by atoms with van der Waals surface area (Å²) in [4.78, 5) is 18.3. The summed E-state index contributed by atoms with van der Waals surface area (Å²) < 4.78 is 5.37. The summed E-state index contributed by atoms with van der Waals surface area (Å²) in [5, 5.41) is 5.83. The first kappa shape index (κ1) is 16.8. The smallest absolute Gasteiger partial charge is 0.263 e. The second kappa shape index (κ2) is 8.19. The molecular weight excluding hydrogens is 340 g/mol. The number of thiazole rings is 1. The molecule has 0 aliphatic heterocycles. The Bertz CT molecular complexity index is 780. The Labute approximate surface area is 149 Å². The van der Waals surface area contributed by atoms with Crippen LogP contribution in [0.25, 0.3) is 9.88 Å². The van der Waals surface area contributed by atoms with Crippen molar-refractivity contribution in [1.82, 2.24) is 10.3 Å². The van der Waals surface area contributed by atoms with E-state index in [1.54, 1.807) is 17.5 Å². The zero-order valence-corrected chi connectivity index (χ0v) is 15.0. The summed E-state index contributed by atoms with van der Waals surface area (Å²) in [5.41, 5.74) is 2.20. The number of carbonyl (C=O) groups is 1. The zero-order valence-electron chi connectivity index (χ0n) is 13.3. The first-order valence-electron chi connectivity index (χ1n) is 7.69. The Morgan fingerprint density at radius 1 is 1.21 bits per heavy atom. The van der Waals surface area contributed by atoms with Crippen molar-refractivity contribution in [1.29, 1.82) is 0 Å². The van der Waals surface area contributed by atoms with Gasteiger partial charge in [0.2, 0.25) is 0 Å². The van der Waals surface area contributed by atoms with Gasteiger partial charge in [-0.2, -0.15) is 0 Å². The normalized spacial score (nSPS) is 10.7. The van der Waals surface area contributed by atoms with Crippen molar-refractivity contribution in [2.24, 2.45) is 0 Å². The van der Waals surface area contributed by atoms with Gasteiger partial charge in [0.25, 0.3) is 5.91 Å². The third-order valence-electron chi connectivity index (χ3n) is 3.41. The molecule has 124 valence electrons. The van der Waals surface area contributed by atoms with Crippen LogP contribution in [0.4, 0.5) is 0 Å². The van der Waals surface area contributed by atoms with Crippen molar-refractivity contribution in [3.05, 3.63) is 64.0 Å². The van der Waals surface area contributed by atoms with E-state index in [9.17, 15) is 4.79 Å². The van der Waals surface area contributed by atoms with Crippen molar-refractivity contribution < 1.29 is 9.53 Å². The number of thiophene rings is 1. The molecule has 0 saturated carbocycles. The number of amides is 1. The van der Waals surface area contributed by atoms with Gasteiger partial charge in [-0.15, -0.1) is 22.7 Å². The highest BCUT2D eigenvalue weighted by Gasteiger charge is 2.12. The molecular formula is C18H18N2O2S2. The molecule has 4 nitrogen and oxygen atoms in total. The lowest BCUT2D eigenvalue weighted by molar-refractivity contribution is 0.0954. The molecule has 2 aromatic heterocycles. The van der Waals surface area contributed by atoms with Crippen LogP contribution in [0.3, 0.4) is 0 Å². The van der Waals surface area contributed by atoms with E-state index in [2.05, 4.69) is 10.3 Å². The SMILES string of the molecule is CCOCc1ccc(CNC(=O)c2cnc(-c3cccs3)s2)cc1. The number of nitrogens with one attached hydrogen (secondary N) is 1. The Balaban J connectivity index is 1.55. The number of rotatable bonds is 7. The van der Waals surface area contributed by atoms with Gasteiger partial charge < -0.3 is 10.1 Å². The summed E-state index contributed by atoms with van der Waals surface area (Å²) in [5.74, 6) is -0.0892. The van der Waals surface area contributed by atoms with Gasteiger partial charge in [-0.1, -0.05) is 30.3 Å². The van der Waals surface area contributed by atoms with Gasteiger partial charge in [-0.25, -0.2) is 4.98 Å². The van der Waals surface area contributed by atoms with Crippen molar-refractivity contribution >= 4 is 28.6 Å². The minimum atomic E-state index is -0.0892. The van der Waals surface area contributed by atoms with Crippen LogP contribution < -0.4 is 5.32 Å². The van der Waals surface area contributed by atoms with Crippen LogP contribution in [0.2, 0.25) is 0 Å². The monoisotopic (exact) mass is 358 g/mol. The molecule has 0 unspecified atom stereocenters. The molecule has 0 fully saturated rings. The summed E-state index contributed by atoms with van der Waals surface area (Å²) in [7, 11) is 0. The molecule has 1 N–H and O–H groups in total. The molecule has 0 aliphatic carbocycles. The average molecular weight is 358 g/mol. The standard InChI is InChI=1S/C18H18N2O2S2/c1-2-22-12-14-7-5-13(6-8-14)10-19-17(21)16-11-20-18(24-16)15-4-3-9-23-15/h3-9,11H,2,10,12H2,1H3,(H,19,21). The zero-order chi connectivity index (χ0) is 16.8. The molecule has 0 aliphatic rings. The number of nitrogens with zero attached hydrogens (tertiary/aromatic N) is 1. The van der Waals surface area contributed by atoms with Gasteiger partial charge in [0.05, 0.1) is 17.7 Å². The van der Waals surface area contributed by atoms with Crippen molar-refractivity contribution in [2.45, 2.75) is 20.1 Å². The molecule has 6 heteroatoms. The predicted octanol–water partition coefficient (Wildman–Crippen LogP) is 4.34. The summed E-state index contributed by atoms with van der Waals surface area (Å²) in [6.07, 6.45) is 1.64. The quantitative estimate of drug-likeness (QED) is 0.683. The van der Waals surface area contributed by atoms with Gasteiger partial charge in [-0.3, -0.25) is 4.79 Å². The van der Waals surface area contributed by atoms with Crippen molar-refractivity contribution in [3.8, 4) is 9.88 Å². The molecule has 0 atom stereocenters. The number of benzene rings is 1. The lowest BCUT2D eigenvalue weighted by Crippen LogP contribution is -2.21. The Morgan fingerprint density at radius 3 is 2.71 bits per heavy atom. The highest BCUT2D eigenvalue weighted by atomic mass is 32.1.